The van der Waals surface area contributed by atoms with Crippen LogP contribution in [0.15, 0.2) is 54.6 Å². The van der Waals surface area contributed by atoms with Crippen molar-refractivity contribution in [3.8, 4) is 0 Å². The van der Waals surface area contributed by atoms with Crippen LogP contribution in [0.1, 0.15) is 25.1 Å². The Kier molecular flexibility index (Phi) is 5.66. The second-order valence-electron chi connectivity index (χ2n) is 6.24. The van der Waals surface area contributed by atoms with Gasteiger partial charge in [-0.1, -0.05) is 25.1 Å². The third-order valence-electron chi connectivity index (χ3n) is 3.98. The van der Waals surface area contributed by atoms with Crippen molar-refractivity contribution in [1.29, 1.82) is 0 Å². The molecule has 1 aromatic heterocycles. The van der Waals surface area contributed by atoms with Gasteiger partial charge in [0.15, 0.2) is 0 Å². The van der Waals surface area contributed by atoms with Gasteiger partial charge < -0.3 is 16.0 Å². The largest absolute Gasteiger partial charge is 0.340 e. The van der Waals surface area contributed by atoms with E-state index in [9.17, 15) is 4.79 Å². The first-order chi connectivity index (χ1) is 13.0. The number of aromatic nitrogens is 2. The average molecular weight is 361 g/mol. The van der Waals surface area contributed by atoms with E-state index in [4.69, 9.17) is 0 Å². The van der Waals surface area contributed by atoms with E-state index in [-0.39, 0.29) is 5.91 Å². The van der Waals surface area contributed by atoms with Crippen molar-refractivity contribution in [2.75, 3.05) is 16.0 Å². The first-order valence-electron chi connectivity index (χ1n) is 8.89. The Morgan fingerprint density at radius 3 is 2.37 bits per heavy atom. The molecule has 0 atom stereocenters. The van der Waals surface area contributed by atoms with Crippen molar-refractivity contribution in [2.24, 2.45) is 0 Å². The van der Waals surface area contributed by atoms with E-state index in [0.717, 1.165) is 35.0 Å². The second-order valence-corrected chi connectivity index (χ2v) is 6.24. The first-order valence-corrected chi connectivity index (χ1v) is 8.89. The molecule has 0 aliphatic carbocycles. The molecule has 1 amide bonds. The molecule has 0 radical (unpaired) electrons. The number of anilines is 5. The summed E-state index contributed by atoms with van der Waals surface area (Å²) in [5, 5.41) is 9.33. The molecular weight excluding hydrogens is 338 g/mol. The smallest absolute Gasteiger partial charge is 0.229 e. The maximum Gasteiger partial charge on any atom is 0.229 e. The van der Waals surface area contributed by atoms with Crippen LogP contribution in [0.25, 0.3) is 0 Å². The zero-order valence-corrected chi connectivity index (χ0v) is 15.7. The van der Waals surface area contributed by atoms with E-state index in [1.807, 2.05) is 55.5 Å². The van der Waals surface area contributed by atoms with Gasteiger partial charge in [-0.25, -0.2) is 4.98 Å². The Bertz CT molecular complexity index is 938. The zero-order chi connectivity index (χ0) is 19.2. The molecule has 1 heterocycles. The van der Waals surface area contributed by atoms with Crippen molar-refractivity contribution in [3.05, 3.63) is 65.9 Å². The molecule has 0 aliphatic rings. The van der Waals surface area contributed by atoms with Crippen molar-refractivity contribution >= 4 is 34.7 Å². The van der Waals surface area contributed by atoms with Gasteiger partial charge in [0.1, 0.15) is 5.82 Å². The van der Waals surface area contributed by atoms with E-state index in [0.29, 0.717) is 5.95 Å². The molecule has 138 valence electrons. The van der Waals surface area contributed by atoms with E-state index < -0.39 is 0 Å². The van der Waals surface area contributed by atoms with Crippen LogP contribution in [-0.2, 0) is 11.2 Å². The van der Waals surface area contributed by atoms with Crippen LogP contribution in [0.2, 0.25) is 0 Å². The number of amides is 1. The van der Waals surface area contributed by atoms with E-state index in [1.165, 1.54) is 12.5 Å². The molecule has 6 heteroatoms. The highest BCUT2D eigenvalue weighted by Crippen LogP contribution is 2.23. The van der Waals surface area contributed by atoms with Crippen molar-refractivity contribution in [1.82, 2.24) is 9.97 Å². The van der Waals surface area contributed by atoms with Gasteiger partial charge in [-0.2, -0.15) is 4.98 Å². The molecule has 3 aromatic rings. The molecule has 0 saturated carbocycles. The number of nitrogens with zero attached hydrogens (tertiary/aromatic N) is 2. The number of hydrogen-bond donors (Lipinski definition) is 3. The minimum atomic E-state index is -0.0965. The lowest BCUT2D eigenvalue weighted by Crippen LogP contribution is -2.06. The molecular formula is C21H23N5O. The highest BCUT2D eigenvalue weighted by Gasteiger charge is 2.06. The number of carbonyl (C=O) groups is 1. The summed E-state index contributed by atoms with van der Waals surface area (Å²) in [6.07, 6.45) is 0.943. The van der Waals surface area contributed by atoms with E-state index in [1.54, 1.807) is 0 Å². The Hall–Kier alpha value is -3.41. The molecule has 0 unspecified atom stereocenters. The predicted octanol–water partition coefficient (Wildman–Crippen LogP) is 4.79. The second kappa shape index (κ2) is 8.31. The van der Waals surface area contributed by atoms with Gasteiger partial charge in [0, 0.05) is 35.7 Å². The van der Waals surface area contributed by atoms with Crippen LogP contribution in [0, 0.1) is 6.92 Å². The topological polar surface area (TPSA) is 78.9 Å². The Morgan fingerprint density at radius 2 is 1.67 bits per heavy atom. The quantitative estimate of drug-likeness (QED) is 0.588. The van der Waals surface area contributed by atoms with Crippen LogP contribution in [-0.4, -0.2) is 15.9 Å². The molecule has 0 spiro atoms. The SMILES string of the molecule is CCc1ccccc1Nc1cc(C)nc(Nc2ccc(NC(C)=O)cc2)n1. The molecule has 3 N–H and O–H groups in total. The van der Waals surface area contributed by atoms with Gasteiger partial charge in [-0.3, -0.25) is 4.79 Å². The molecule has 0 fully saturated rings. The Morgan fingerprint density at radius 1 is 0.963 bits per heavy atom. The fraction of sp³-hybridized carbons (Fsp3) is 0.190. The van der Waals surface area contributed by atoms with Crippen molar-refractivity contribution < 1.29 is 4.79 Å². The monoisotopic (exact) mass is 361 g/mol. The van der Waals surface area contributed by atoms with Crippen molar-refractivity contribution in [2.45, 2.75) is 27.2 Å². The number of hydrogen-bond acceptors (Lipinski definition) is 5. The normalized spacial score (nSPS) is 10.3. The predicted molar refractivity (Wildman–Crippen MR) is 110 cm³/mol. The third kappa shape index (κ3) is 5.04. The van der Waals surface area contributed by atoms with Gasteiger partial charge in [-0.15, -0.1) is 0 Å². The van der Waals surface area contributed by atoms with E-state index >= 15 is 0 Å². The van der Waals surface area contributed by atoms with Gasteiger partial charge in [0.25, 0.3) is 0 Å². The average Bonchev–Trinajstić information content (AvgIpc) is 2.63. The van der Waals surface area contributed by atoms with Gasteiger partial charge >= 0.3 is 0 Å². The summed E-state index contributed by atoms with van der Waals surface area (Å²) in [5.74, 6) is 1.15. The van der Waals surface area contributed by atoms with Crippen LogP contribution < -0.4 is 16.0 Å². The Balaban J connectivity index is 1.78. The molecule has 2 aromatic carbocycles. The number of carbonyl (C=O) groups excluding carboxylic acids is 1. The van der Waals surface area contributed by atoms with Crippen LogP contribution in [0.5, 0.6) is 0 Å². The van der Waals surface area contributed by atoms with Gasteiger partial charge in [0.05, 0.1) is 0 Å². The fourth-order valence-corrected chi connectivity index (χ4v) is 2.75. The lowest BCUT2D eigenvalue weighted by atomic mass is 10.1. The summed E-state index contributed by atoms with van der Waals surface area (Å²) in [5.41, 5.74) is 4.73. The summed E-state index contributed by atoms with van der Waals surface area (Å²) in [4.78, 5) is 20.1. The number of para-hydroxylation sites is 1. The summed E-state index contributed by atoms with van der Waals surface area (Å²) in [6, 6.07) is 17.5. The van der Waals surface area contributed by atoms with Crippen LogP contribution >= 0.6 is 0 Å². The lowest BCUT2D eigenvalue weighted by Gasteiger charge is -2.12. The highest BCUT2D eigenvalue weighted by atomic mass is 16.1. The zero-order valence-electron chi connectivity index (χ0n) is 15.7. The number of nitrogens with one attached hydrogen (secondary N) is 3. The molecule has 0 aliphatic heterocycles. The number of rotatable bonds is 6. The minimum absolute atomic E-state index is 0.0965. The Labute approximate surface area is 159 Å². The van der Waals surface area contributed by atoms with E-state index in [2.05, 4.69) is 38.9 Å². The molecule has 0 bridgehead atoms. The fourth-order valence-electron chi connectivity index (χ4n) is 2.75. The molecule has 0 saturated heterocycles. The standard InChI is InChI=1S/C21H23N5O/c1-4-16-7-5-6-8-19(16)25-20-13-14(2)22-21(26-20)24-18-11-9-17(10-12-18)23-15(3)27/h5-13H,4H2,1-3H3,(H,23,27)(H2,22,24,25,26). The molecule has 6 nitrogen and oxygen atoms in total. The third-order valence-corrected chi connectivity index (χ3v) is 3.98. The minimum Gasteiger partial charge on any atom is -0.340 e. The summed E-state index contributed by atoms with van der Waals surface area (Å²) in [7, 11) is 0. The van der Waals surface area contributed by atoms with Crippen LogP contribution in [0.4, 0.5) is 28.8 Å². The molecule has 27 heavy (non-hydrogen) atoms. The number of benzene rings is 2. The highest BCUT2D eigenvalue weighted by molar-refractivity contribution is 5.88. The maximum absolute atomic E-state index is 11.1. The summed E-state index contributed by atoms with van der Waals surface area (Å²) in [6.45, 7) is 5.55. The van der Waals surface area contributed by atoms with Crippen molar-refractivity contribution in [3.63, 3.8) is 0 Å². The van der Waals surface area contributed by atoms with Gasteiger partial charge in [0.2, 0.25) is 11.9 Å². The number of aryl methyl sites for hydroxylation is 2. The molecule has 3 rings (SSSR count). The van der Waals surface area contributed by atoms with Crippen LogP contribution in [0.3, 0.4) is 0 Å². The summed E-state index contributed by atoms with van der Waals surface area (Å²) < 4.78 is 0. The van der Waals surface area contributed by atoms with Gasteiger partial charge in [-0.05, 0) is 49.2 Å². The lowest BCUT2D eigenvalue weighted by molar-refractivity contribution is -0.114. The summed E-state index contributed by atoms with van der Waals surface area (Å²) >= 11 is 0. The maximum atomic E-state index is 11.1. The first kappa shape index (κ1) is 18.4.